The first-order valence-electron chi connectivity index (χ1n) is 13.6. The Morgan fingerprint density at radius 1 is 0.342 bits per heavy atom. The van der Waals surface area contributed by atoms with Crippen molar-refractivity contribution in [2.24, 2.45) is 0 Å². The fourth-order valence-corrected chi connectivity index (χ4v) is 2.70. The minimum atomic E-state index is -0.222. The summed E-state index contributed by atoms with van der Waals surface area (Å²) in [4.78, 5) is 0. The van der Waals surface area contributed by atoms with E-state index >= 15 is 0 Å². The third-order valence-corrected chi connectivity index (χ3v) is 4.63. The Bertz CT molecular complexity index is 420. The van der Waals surface area contributed by atoms with Gasteiger partial charge in [-0.15, -0.1) is 0 Å². The Morgan fingerprint density at radius 2 is 0.632 bits per heavy atom. The Kier molecular flexibility index (Phi) is 34.1. The summed E-state index contributed by atoms with van der Waals surface area (Å²) in [5.41, 5.74) is 0. The number of hydrogen-bond donors (Lipinski definition) is 0. The van der Waals surface area contributed by atoms with Crippen molar-refractivity contribution in [1.29, 1.82) is 0 Å². The zero-order valence-electron chi connectivity index (χ0n) is 24.0. The number of rotatable bonds is 34. The van der Waals surface area contributed by atoms with Crippen molar-refractivity contribution in [3.63, 3.8) is 0 Å². The Hall–Kier alpha value is -0.480. The van der Waals surface area contributed by atoms with Crippen LogP contribution in [0.3, 0.4) is 0 Å². The van der Waals surface area contributed by atoms with Crippen molar-refractivity contribution >= 4 is 0 Å². The zero-order chi connectivity index (χ0) is 27.6. The van der Waals surface area contributed by atoms with E-state index in [0.717, 1.165) is 13.0 Å². The van der Waals surface area contributed by atoms with E-state index in [4.69, 9.17) is 56.8 Å². The van der Waals surface area contributed by atoms with Gasteiger partial charge in [-0.05, 0) is 6.42 Å². The van der Waals surface area contributed by atoms with Crippen molar-refractivity contribution in [3.05, 3.63) is 0 Å². The summed E-state index contributed by atoms with van der Waals surface area (Å²) < 4.78 is 65.3. The molecule has 0 saturated carbocycles. The lowest BCUT2D eigenvalue weighted by atomic mass is 10.4. The third kappa shape index (κ3) is 31.7. The van der Waals surface area contributed by atoms with Crippen LogP contribution in [0.4, 0.5) is 0 Å². The highest BCUT2D eigenvalue weighted by molar-refractivity contribution is 4.56. The summed E-state index contributed by atoms with van der Waals surface area (Å²) in [5, 5.41) is 0. The van der Waals surface area contributed by atoms with Crippen LogP contribution < -0.4 is 0 Å². The van der Waals surface area contributed by atoms with Crippen LogP contribution in [0, 0.1) is 0 Å². The van der Waals surface area contributed by atoms with Crippen molar-refractivity contribution in [2.45, 2.75) is 19.4 Å². The van der Waals surface area contributed by atoms with E-state index in [1.165, 1.54) is 0 Å². The van der Waals surface area contributed by atoms with Crippen LogP contribution in [-0.2, 0) is 56.8 Å². The lowest BCUT2D eigenvalue weighted by Gasteiger charge is -2.18. The highest BCUT2D eigenvalue weighted by Gasteiger charge is 2.10. The molecule has 0 aliphatic heterocycles. The second-order valence-electron chi connectivity index (χ2n) is 7.91. The van der Waals surface area contributed by atoms with E-state index in [2.05, 4.69) is 6.92 Å². The second kappa shape index (κ2) is 34.5. The van der Waals surface area contributed by atoms with Gasteiger partial charge in [0.15, 0.2) is 0 Å². The van der Waals surface area contributed by atoms with Gasteiger partial charge in [-0.2, -0.15) is 0 Å². The van der Waals surface area contributed by atoms with Crippen molar-refractivity contribution < 1.29 is 56.8 Å². The minimum Gasteiger partial charge on any atom is -0.382 e. The largest absolute Gasteiger partial charge is 0.382 e. The smallest absolute Gasteiger partial charge is 0.104 e. The summed E-state index contributed by atoms with van der Waals surface area (Å²) in [6.07, 6.45) is 0.792. The van der Waals surface area contributed by atoms with Crippen LogP contribution in [0.1, 0.15) is 13.3 Å². The molecule has 1 atom stereocenters. The lowest BCUT2D eigenvalue weighted by Crippen LogP contribution is -2.29. The highest BCUT2D eigenvalue weighted by atomic mass is 16.6. The quantitative estimate of drug-likeness (QED) is 0.106. The van der Waals surface area contributed by atoms with Crippen molar-refractivity contribution in [1.82, 2.24) is 0 Å². The van der Waals surface area contributed by atoms with E-state index in [-0.39, 0.29) is 6.10 Å². The van der Waals surface area contributed by atoms with Gasteiger partial charge in [0.2, 0.25) is 0 Å². The molecule has 0 spiro atoms. The molecule has 0 saturated heterocycles. The van der Waals surface area contributed by atoms with Crippen LogP contribution in [0.5, 0.6) is 0 Å². The average Bonchev–Trinajstić information content (AvgIpc) is 2.93. The molecule has 0 aromatic heterocycles. The van der Waals surface area contributed by atoms with E-state index < -0.39 is 0 Å². The highest BCUT2D eigenvalue weighted by Crippen LogP contribution is 1.97. The summed E-state index contributed by atoms with van der Waals surface area (Å²) in [5.74, 6) is 0. The molecule has 12 heteroatoms. The molecule has 0 aliphatic carbocycles. The van der Waals surface area contributed by atoms with Gasteiger partial charge in [0.1, 0.15) is 6.10 Å². The maximum absolute atomic E-state index is 5.89. The topological polar surface area (TPSA) is 111 Å². The predicted molar refractivity (Wildman–Crippen MR) is 141 cm³/mol. The molecule has 0 aromatic carbocycles. The Balaban J connectivity index is 3.86. The monoisotopic (exact) mass is 558 g/mol. The summed E-state index contributed by atoms with van der Waals surface area (Å²) >= 11 is 0. The molecular formula is C26H54O12. The molecule has 38 heavy (non-hydrogen) atoms. The average molecular weight is 559 g/mol. The van der Waals surface area contributed by atoms with Crippen LogP contribution in [-0.4, -0.2) is 159 Å². The van der Waals surface area contributed by atoms with Crippen LogP contribution in [0.2, 0.25) is 0 Å². The predicted octanol–water partition coefficient (Wildman–Crippen LogP) is 1.22. The molecule has 12 nitrogen and oxygen atoms in total. The maximum Gasteiger partial charge on any atom is 0.104 e. The van der Waals surface area contributed by atoms with Gasteiger partial charge in [-0.25, -0.2) is 0 Å². The summed E-state index contributed by atoms with van der Waals surface area (Å²) in [6, 6.07) is 0. The molecule has 0 rings (SSSR count). The van der Waals surface area contributed by atoms with Gasteiger partial charge < -0.3 is 56.8 Å². The molecule has 0 fully saturated rings. The van der Waals surface area contributed by atoms with Crippen LogP contribution in [0.25, 0.3) is 0 Å². The molecular weight excluding hydrogens is 504 g/mol. The molecule has 0 amide bonds. The summed E-state index contributed by atoms with van der Waals surface area (Å²) in [7, 11) is 3.29. The molecule has 230 valence electrons. The number of hydrogen-bond acceptors (Lipinski definition) is 12. The van der Waals surface area contributed by atoms with Gasteiger partial charge in [0, 0.05) is 20.8 Å². The third-order valence-electron chi connectivity index (χ3n) is 4.63. The molecule has 0 radical (unpaired) electrons. The second-order valence-corrected chi connectivity index (χ2v) is 7.91. The van der Waals surface area contributed by atoms with Gasteiger partial charge in [0.25, 0.3) is 0 Å². The minimum absolute atomic E-state index is 0.222. The normalized spacial score (nSPS) is 12.4. The maximum atomic E-state index is 5.89. The molecule has 0 aromatic rings. The van der Waals surface area contributed by atoms with E-state index in [1.807, 2.05) is 0 Å². The lowest BCUT2D eigenvalue weighted by molar-refractivity contribution is -0.0873. The van der Waals surface area contributed by atoms with E-state index in [1.54, 1.807) is 14.2 Å². The Morgan fingerprint density at radius 3 is 0.974 bits per heavy atom. The molecule has 0 aliphatic rings. The fraction of sp³-hybridized carbons (Fsp3) is 1.00. The molecule has 1 unspecified atom stereocenters. The van der Waals surface area contributed by atoms with E-state index in [0.29, 0.717) is 132 Å². The molecule has 0 bridgehead atoms. The van der Waals surface area contributed by atoms with Gasteiger partial charge in [0.05, 0.1) is 132 Å². The van der Waals surface area contributed by atoms with Gasteiger partial charge in [-0.3, -0.25) is 0 Å². The summed E-state index contributed by atoms with van der Waals surface area (Å²) in [6.45, 7) is 13.0. The van der Waals surface area contributed by atoms with Gasteiger partial charge >= 0.3 is 0 Å². The number of methoxy groups -OCH3 is 2. The zero-order valence-corrected chi connectivity index (χ0v) is 24.0. The standard InChI is InChI=1S/C26H54O12/c1-4-5-29-10-11-32-15-16-34-19-21-37-25-26(38-23-22-35-17-13-31-9-7-28-3)24-36-20-18-33-14-12-30-8-6-27-2/h26H,4-25H2,1-3H3. The first kappa shape index (κ1) is 37.5. The SMILES string of the molecule is CCCOCCOCCOCCOCC(COCCOCCOCCOC)OCCOCCOCCOC. The number of ether oxygens (including phenoxy) is 12. The fourth-order valence-electron chi connectivity index (χ4n) is 2.70. The molecule has 0 N–H and O–H groups in total. The van der Waals surface area contributed by atoms with Crippen molar-refractivity contribution in [3.8, 4) is 0 Å². The van der Waals surface area contributed by atoms with Crippen LogP contribution in [0.15, 0.2) is 0 Å². The van der Waals surface area contributed by atoms with Gasteiger partial charge in [-0.1, -0.05) is 6.92 Å². The molecule has 0 heterocycles. The Labute approximate surface area is 229 Å². The van der Waals surface area contributed by atoms with Crippen LogP contribution >= 0.6 is 0 Å². The first-order chi connectivity index (χ1) is 18.8. The first-order valence-corrected chi connectivity index (χ1v) is 13.6. The van der Waals surface area contributed by atoms with Crippen molar-refractivity contribution in [2.75, 3.05) is 153 Å². The van der Waals surface area contributed by atoms with E-state index in [9.17, 15) is 0 Å².